The minimum absolute atomic E-state index is 0.329. The molecule has 0 amide bonds. The molecular formula is C34H36N2O5. The molecule has 212 valence electrons. The number of ether oxygens (including phenoxy) is 5. The van der Waals surface area contributed by atoms with Crippen molar-refractivity contribution in [2.24, 2.45) is 0 Å². The maximum absolute atomic E-state index is 6.68. The summed E-state index contributed by atoms with van der Waals surface area (Å²) < 4.78 is 32.7. The lowest BCUT2D eigenvalue weighted by Gasteiger charge is -2.45. The topological polar surface area (TPSA) is 90.0 Å². The molecule has 0 radical (unpaired) electrons. The number of hydrogen-bond acceptors (Lipinski definition) is 7. The predicted molar refractivity (Wildman–Crippen MR) is 155 cm³/mol. The van der Waals surface area contributed by atoms with Crippen LogP contribution >= 0.6 is 0 Å². The average Bonchev–Trinajstić information content (AvgIpc) is 3.80. The third kappa shape index (κ3) is 7.28. The van der Waals surface area contributed by atoms with Gasteiger partial charge in [-0.15, -0.1) is 0 Å². The van der Waals surface area contributed by atoms with E-state index in [1.54, 1.807) is 0 Å². The summed E-state index contributed by atoms with van der Waals surface area (Å²) >= 11 is 0. The summed E-state index contributed by atoms with van der Waals surface area (Å²) in [4.78, 5) is 0. The fraction of sp³-hybridized carbons (Fsp3) is 0.294. The minimum Gasteiger partial charge on any atom is -0.374 e. The van der Waals surface area contributed by atoms with E-state index >= 15 is 0 Å². The van der Waals surface area contributed by atoms with Crippen LogP contribution in [0.15, 0.2) is 121 Å². The van der Waals surface area contributed by atoms with Crippen molar-refractivity contribution in [1.29, 1.82) is 0 Å². The van der Waals surface area contributed by atoms with Gasteiger partial charge >= 0.3 is 0 Å². The molecule has 0 saturated carbocycles. The van der Waals surface area contributed by atoms with Crippen molar-refractivity contribution in [2.75, 3.05) is 6.61 Å². The van der Waals surface area contributed by atoms with Gasteiger partial charge in [-0.3, -0.25) is 0 Å². The smallest absolute Gasteiger partial charge is 0.230 e. The quantitative estimate of drug-likeness (QED) is 0.223. The van der Waals surface area contributed by atoms with E-state index in [-0.39, 0.29) is 0 Å². The van der Waals surface area contributed by atoms with Crippen molar-refractivity contribution < 1.29 is 23.7 Å². The highest BCUT2D eigenvalue weighted by Crippen LogP contribution is 2.37. The molecule has 0 aliphatic carbocycles. The lowest BCUT2D eigenvalue weighted by atomic mass is 9.95. The van der Waals surface area contributed by atoms with E-state index in [1.165, 1.54) is 0 Å². The molecule has 6 rings (SSSR count). The zero-order chi connectivity index (χ0) is 27.7. The molecule has 2 fully saturated rings. The van der Waals surface area contributed by atoms with Crippen LogP contribution in [0.1, 0.15) is 22.3 Å². The molecule has 7 heteroatoms. The highest BCUT2D eigenvalue weighted by Gasteiger charge is 2.63. The normalized spacial score (nSPS) is 22.9. The Bertz CT molecular complexity index is 1320. The number of hydrazine groups is 1. The van der Waals surface area contributed by atoms with Crippen molar-refractivity contribution in [1.82, 2.24) is 10.9 Å². The Morgan fingerprint density at radius 1 is 0.512 bits per heavy atom. The second-order valence-electron chi connectivity index (χ2n) is 10.4. The molecule has 0 unspecified atom stereocenters. The number of nitrogens with one attached hydrogen (secondary N) is 2. The molecule has 0 bridgehead atoms. The van der Waals surface area contributed by atoms with E-state index in [4.69, 9.17) is 23.7 Å². The third-order valence-corrected chi connectivity index (χ3v) is 7.33. The summed E-state index contributed by atoms with van der Waals surface area (Å²) in [6.07, 6.45) is -1.81. The molecule has 0 aromatic heterocycles. The van der Waals surface area contributed by atoms with Gasteiger partial charge in [-0.05, 0) is 22.3 Å². The van der Waals surface area contributed by atoms with E-state index in [2.05, 4.69) is 47.2 Å². The fourth-order valence-electron chi connectivity index (χ4n) is 5.14. The Hall–Kier alpha value is -3.40. The molecule has 41 heavy (non-hydrogen) atoms. The predicted octanol–water partition coefficient (Wildman–Crippen LogP) is 5.12. The molecule has 2 aliphatic rings. The first-order chi connectivity index (χ1) is 20.3. The van der Waals surface area contributed by atoms with Crippen LogP contribution < -0.4 is 10.9 Å². The lowest BCUT2D eigenvalue weighted by Crippen LogP contribution is -2.64. The van der Waals surface area contributed by atoms with Crippen LogP contribution in [0.25, 0.3) is 0 Å². The molecule has 7 nitrogen and oxygen atoms in total. The third-order valence-electron chi connectivity index (χ3n) is 7.33. The molecular weight excluding hydrogens is 516 g/mol. The van der Waals surface area contributed by atoms with Crippen molar-refractivity contribution >= 4 is 0 Å². The van der Waals surface area contributed by atoms with Gasteiger partial charge in [0.1, 0.15) is 24.4 Å². The highest BCUT2D eigenvalue weighted by molar-refractivity contribution is 5.17. The van der Waals surface area contributed by atoms with Crippen molar-refractivity contribution in [2.45, 2.75) is 56.7 Å². The van der Waals surface area contributed by atoms with Gasteiger partial charge in [-0.2, -0.15) is 0 Å². The van der Waals surface area contributed by atoms with Crippen LogP contribution in [0.3, 0.4) is 0 Å². The summed E-state index contributed by atoms with van der Waals surface area (Å²) in [7, 11) is 0. The van der Waals surface area contributed by atoms with Gasteiger partial charge in [-0.25, -0.2) is 10.9 Å². The highest BCUT2D eigenvalue weighted by atomic mass is 16.7. The largest absolute Gasteiger partial charge is 0.374 e. The maximum Gasteiger partial charge on any atom is 0.230 e. The van der Waals surface area contributed by atoms with Gasteiger partial charge in [0.05, 0.1) is 33.0 Å². The summed E-state index contributed by atoms with van der Waals surface area (Å²) in [5.41, 5.74) is 10.7. The molecule has 2 heterocycles. The van der Waals surface area contributed by atoms with Gasteiger partial charge in [0, 0.05) is 0 Å². The average molecular weight is 553 g/mol. The van der Waals surface area contributed by atoms with Crippen molar-refractivity contribution in [3.8, 4) is 0 Å². The van der Waals surface area contributed by atoms with E-state index < -0.39 is 30.3 Å². The van der Waals surface area contributed by atoms with Crippen LogP contribution in [-0.2, 0) is 50.1 Å². The molecule has 2 saturated heterocycles. The van der Waals surface area contributed by atoms with Gasteiger partial charge in [0.2, 0.25) is 5.85 Å². The monoisotopic (exact) mass is 552 g/mol. The summed E-state index contributed by atoms with van der Waals surface area (Å²) in [5.74, 6) is -0.899. The zero-order valence-electron chi connectivity index (χ0n) is 22.9. The van der Waals surface area contributed by atoms with Crippen LogP contribution in [0.5, 0.6) is 0 Å². The fourth-order valence-corrected chi connectivity index (χ4v) is 5.14. The van der Waals surface area contributed by atoms with Gasteiger partial charge in [-0.1, -0.05) is 121 Å². The second-order valence-corrected chi connectivity index (χ2v) is 10.4. The number of benzene rings is 4. The first kappa shape index (κ1) is 27.8. The van der Waals surface area contributed by atoms with Crippen LogP contribution in [0.2, 0.25) is 0 Å². The number of rotatable bonds is 13. The van der Waals surface area contributed by atoms with Gasteiger partial charge < -0.3 is 23.7 Å². The molecule has 2 aliphatic heterocycles. The van der Waals surface area contributed by atoms with Crippen molar-refractivity contribution in [3.63, 3.8) is 0 Å². The summed E-state index contributed by atoms with van der Waals surface area (Å²) in [5, 5.41) is 0. The van der Waals surface area contributed by atoms with Crippen LogP contribution in [-0.4, -0.2) is 36.9 Å². The molecule has 1 spiro atoms. The van der Waals surface area contributed by atoms with Gasteiger partial charge in [0.15, 0.2) is 0 Å². The van der Waals surface area contributed by atoms with Gasteiger partial charge in [0.25, 0.3) is 0 Å². The standard InChI is InChI=1S/C34H36N2O5/c1-5-13-26(14-6-1)21-37-25-30-31(38-22-27-15-7-2-8-16-27)32(39-23-28-17-9-3-10-18-28)33(34(41-30)35-36-34)40-24-29-19-11-4-12-20-29/h1-20,30-33,35-36H,21-25H2/t30-,31-,32+,33-/m1/s1. The first-order valence-electron chi connectivity index (χ1n) is 14.1. The minimum atomic E-state index is -0.899. The van der Waals surface area contributed by atoms with E-state index in [0.29, 0.717) is 33.0 Å². The van der Waals surface area contributed by atoms with Crippen molar-refractivity contribution in [3.05, 3.63) is 144 Å². The molecule has 4 aromatic carbocycles. The Kier molecular flexibility index (Phi) is 9.14. The number of hydrogen-bond donors (Lipinski definition) is 2. The molecule has 4 aromatic rings. The SMILES string of the molecule is c1ccc(COC[C@H]2OC3(NN3)[C@H](OCc3ccccc3)[C@@H](OCc3ccccc3)[C@@H]2OCc2ccccc2)cc1. The van der Waals surface area contributed by atoms with Crippen LogP contribution in [0, 0.1) is 0 Å². The molecule has 2 N–H and O–H groups in total. The first-order valence-corrected chi connectivity index (χ1v) is 14.1. The lowest BCUT2D eigenvalue weighted by molar-refractivity contribution is -0.286. The van der Waals surface area contributed by atoms with E-state index in [0.717, 1.165) is 22.3 Å². The Balaban J connectivity index is 1.25. The summed E-state index contributed by atoms with van der Waals surface area (Å²) in [6, 6.07) is 40.5. The van der Waals surface area contributed by atoms with E-state index in [1.807, 2.05) is 84.9 Å². The Morgan fingerprint density at radius 2 is 0.927 bits per heavy atom. The van der Waals surface area contributed by atoms with E-state index in [9.17, 15) is 0 Å². The Morgan fingerprint density at radius 3 is 1.39 bits per heavy atom. The Labute approximate surface area is 241 Å². The van der Waals surface area contributed by atoms with Crippen LogP contribution in [0.4, 0.5) is 0 Å². The maximum atomic E-state index is 6.68. The summed E-state index contributed by atoms with van der Waals surface area (Å²) in [6.45, 7) is 2.04. The second kappa shape index (κ2) is 13.5. The molecule has 4 atom stereocenters. The zero-order valence-corrected chi connectivity index (χ0v) is 22.9.